The molecule has 1 amide bonds. The first kappa shape index (κ1) is 20.8. The van der Waals surface area contributed by atoms with Gasteiger partial charge in [-0.2, -0.15) is 0 Å². The van der Waals surface area contributed by atoms with Crippen LogP contribution in [0.1, 0.15) is 42.6 Å². The number of cyclic esters (lactones) is 1. The topological polar surface area (TPSA) is 99.2 Å². The standard InChI is InChI=1S/C21H25NO7/c1-3-27-19(24)14-8-10-22(11-9-14)18(23)13(2)28-21(26)17-12-15-6-4-5-7-16(15)20(25)29-17/h4-7,13-14,17H,3,8-12H2,1-2H3/t13-,17-/m1/s1. The number of esters is 3. The highest BCUT2D eigenvalue weighted by molar-refractivity contribution is 5.95. The predicted octanol–water partition coefficient (Wildman–Crippen LogP) is 1.50. The molecule has 1 fully saturated rings. The fourth-order valence-electron chi connectivity index (χ4n) is 3.62. The minimum absolute atomic E-state index is 0.210. The molecular formula is C21H25NO7. The minimum Gasteiger partial charge on any atom is -0.466 e. The Morgan fingerprint density at radius 3 is 2.55 bits per heavy atom. The molecule has 1 aromatic rings. The molecule has 29 heavy (non-hydrogen) atoms. The highest BCUT2D eigenvalue weighted by Crippen LogP contribution is 2.23. The molecule has 0 aromatic heterocycles. The van der Waals surface area contributed by atoms with E-state index in [1.807, 2.05) is 0 Å². The Kier molecular flexibility index (Phi) is 6.51. The summed E-state index contributed by atoms with van der Waals surface area (Å²) in [5.74, 6) is -2.09. The number of rotatable bonds is 5. The third-order valence-electron chi connectivity index (χ3n) is 5.22. The van der Waals surface area contributed by atoms with Gasteiger partial charge in [0, 0.05) is 19.5 Å². The zero-order chi connectivity index (χ0) is 21.0. The van der Waals surface area contributed by atoms with Gasteiger partial charge in [0.25, 0.3) is 5.91 Å². The molecule has 2 aliphatic rings. The van der Waals surface area contributed by atoms with Crippen molar-refractivity contribution in [1.82, 2.24) is 4.90 Å². The zero-order valence-electron chi connectivity index (χ0n) is 16.6. The molecule has 2 atom stereocenters. The normalized spacial score (nSPS) is 20.3. The van der Waals surface area contributed by atoms with E-state index < -0.39 is 24.1 Å². The van der Waals surface area contributed by atoms with Crippen LogP contribution in [0.5, 0.6) is 0 Å². The lowest BCUT2D eigenvalue weighted by molar-refractivity contribution is -0.167. The highest BCUT2D eigenvalue weighted by Gasteiger charge is 2.36. The molecule has 8 heteroatoms. The van der Waals surface area contributed by atoms with Gasteiger partial charge in [0.05, 0.1) is 18.1 Å². The largest absolute Gasteiger partial charge is 0.466 e. The average molecular weight is 403 g/mol. The first-order valence-corrected chi connectivity index (χ1v) is 9.85. The average Bonchev–Trinajstić information content (AvgIpc) is 2.73. The smallest absolute Gasteiger partial charge is 0.348 e. The molecule has 2 heterocycles. The van der Waals surface area contributed by atoms with E-state index in [9.17, 15) is 19.2 Å². The van der Waals surface area contributed by atoms with E-state index in [-0.39, 0.29) is 24.2 Å². The van der Waals surface area contributed by atoms with Crippen LogP contribution in [0.3, 0.4) is 0 Å². The molecule has 0 radical (unpaired) electrons. The number of benzene rings is 1. The van der Waals surface area contributed by atoms with Gasteiger partial charge in [-0.1, -0.05) is 18.2 Å². The maximum atomic E-state index is 12.6. The second-order valence-electron chi connectivity index (χ2n) is 7.19. The monoisotopic (exact) mass is 403 g/mol. The number of amides is 1. The van der Waals surface area contributed by atoms with Gasteiger partial charge in [-0.25, -0.2) is 9.59 Å². The molecule has 156 valence electrons. The Labute approximate surface area is 169 Å². The van der Waals surface area contributed by atoms with Crippen molar-refractivity contribution < 1.29 is 33.4 Å². The van der Waals surface area contributed by atoms with Gasteiger partial charge < -0.3 is 19.1 Å². The van der Waals surface area contributed by atoms with E-state index in [1.54, 1.807) is 36.1 Å². The van der Waals surface area contributed by atoms with Crippen LogP contribution in [-0.2, 0) is 35.0 Å². The molecule has 2 aliphatic heterocycles. The number of hydrogen-bond acceptors (Lipinski definition) is 7. The number of carbonyl (C=O) groups is 4. The van der Waals surface area contributed by atoms with Crippen molar-refractivity contribution in [2.24, 2.45) is 5.92 Å². The molecule has 0 saturated carbocycles. The van der Waals surface area contributed by atoms with Crippen molar-refractivity contribution in [3.63, 3.8) is 0 Å². The molecule has 0 spiro atoms. The maximum Gasteiger partial charge on any atom is 0.348 e. The van der Waals surface area contributed by atoms with E-state index in [4.69, 9.17) is 14.2 Å². The first-order chi connectivity index (χ1) is 13.9. The summed E-state index contributed by atoms with van der Waals surface area (Å²) >= 11 is 0. The van der Waals surface area contributed by atoms with E-state index in [1.165, 1.54) is 6.92 Å². The Morgan fingerprint density at radius 1 is 1.17 bits per heavy atom. The number of fused-ring (bicyclic) bond motifs is 1. The van der Waals surface area contributed by atoms with Gasteiger partial charge >= 0.3 is 17.9 Å². The van der Waals surface area contributed by atoms with Crippen LogP contribution in [0.4, 0.5) is 0 Å². The summed E-state index contributed by atoms with van der Waals surface area (Å²) in [5, 5.41) is 0. The van der Waals surface area contributed by atoms with Crippen LogP contribution in [0.15, 0.2) is 24.3 Å². The molecule has 0 N–H and O–H groups in total. The molecule has 8 nitrogen and oxygen atoms in total. The van der Waals surface area contributed by atoms with E-state index in [2.05, 4.69) is 0 Å². The van der Waals surface area contributed by atoms with Gasteiger partial charge in [-0.15, -0.1) is 0 Å². The Morgan fingerprint density at radius 2 is 1.86 bits per heavy atom. The number of piperidine rings is 1. The van der Waals surface area contributed by atoms with Gasteiger partial charge in [-0.3, -0.25) is 9.59 Å². The van der Waals surface area contributed by atoms with Gasteiger partial charge in [0.1, 0.15) is 0 Å². The van der Waals surface area contributed by atoms with E-state index >= 15 is 0 Å². The molecule has 1 aromatic carbocycles. The summed E-state index contributed by atoms with van der Waals surface area (Å²) in [6.45, 7) is 4.39. The maximum absolute atomic E-state index is 12.6. The summed E-state index contributed by atoms with van der Waals surface area (Å²) in [4.78, 5) is 50.5. The zero-order valence-corrected chi connectivity index (χ0v) is 16.6. The third-order valence-corrected chi connectivity index (χ3v) is 5.22. The number of hydrogen-bond donors (Lipinski definition) is 0. The van der Waals surface area contributed by atoms with Gasteiger partial charge in [0.15, 0.2) is 6.10 Å². The quantitative estimate of drug-likeness (QED) is 0.543. The summed E-state index contributed by atoms with van der Waals surface area (Å²) in [5.41, 5.74) is 1.15. The van der Waals surface area contributed by atoms with Gasteiger partial charge in [0.2, 0.25) is 6.10 Å². The first-order valence-electron chi connectivity index (χ1n) is 9.85. The van der Waals surface area contributed by atoms with Crippen LogP contribution >= 0.6 is 0 Å². The second kappa shape index (κ2) is 9.07. The molecular weight excluding hydrogens is 378 g/mol. The fourth-order valence-corrected chi connectivity index (χ4v) is 3.62. The lowest BCUT2D eigenvalue weighted by Gasteiger charge is -2.32. The van der Waals surface area contributed by atoms with Crippen molar-refractivity contribution in [2.75, 3.05) is 19.7 Å². The number of nitrogens with zero attached hydrogens (tertiary/aromatic N) is 1. The van der Waals surface area contributed by atoms with Crippen molar-refractivity contribution in [3.05, 3.63) is 35.4 Å². The SMILES string of the molecule is CCOC(=O)C1CCN(C(=O)[C@@H](C)OC(=O)[C@H]2Cc3ccccc3C(=O)O2)CC1. The van der Waals surface area contributed by atoms with Crippen molar-refractivity contribution in [1.29, 1.82) is 0 Å². The lowest BCUT2D eigenvalue weighted by Crippen LogP contribution is -2.46. The third kappa shape index (κ3) is 4.75. The van der Waals surface area contributed by atoms with Crippen LogP contribution in [-0.4, -0.2) is 60.6 Å². The highest BCUT2D eigenvalue weighted by atomic mass is 16.6. The van der Waals surface area contributed by atoms with Crippen LogP contribution in [0, 0.1) is 5.92 Å². The summed E-state index contributed by atoms with van der Waals surface area (Å²) < 4.78 is 15.5. The summed E-state index contributed by atoms with van der Waals surface area (Å²) in [6.07, 6.45) is -0.823. The lowest BCUT2D eigenvalue weighted by atomic mass is 9.96. The molecule has 3 rings (SSSR count). The van der Waals surface area contributed by atoms with Crippen LogP contribution in [0.25, 0.3) is 0 Å². The minimum atomic E-state index is -1.07. The predicted molar refractivity (Wildman–Crippen MR) is 101 cm³/mol. The number of carbonyl (C=O) groups excluding carboxylic acids is 4. The number of ether oxygens (including phenoxy) is 3. The fraction of sp³-hybridized carbons (Fsp3) is 0.524. The van der Waals surface area contributed by atoms with E-state index in [0.717, 1.165) is 0 Å². The van der Waals surface area contributed by atoms with Crippen LogP contribution in [0.2, 0.25) is 0 Å². The molecule has 1 saturated heterocycles. The Balaban J connectivity index is 1.52. The summed E-state index contributed by atoms with van der Waals surface area (Å²) in [6, 6.07) is 6.92. The van der Waals surface area contributed by atoms with Crippen molar-refractivity contribution >= 4 is 23.8 Å². The Bertz CT molecular complexity index is 798. The van der Waals surface area contributed by atoms with Gasteiger partial charge in [-0.05, 0) is 38.3 Å². The Hall–Kier alpha value is -2.90. The number of likely N-dealkylation sites (tertiary alicyclic amines) is 1. The molecule has 0 aliphatic carbocycles. The van der Waals surface area contributed by atoms with Crippen molar-refractivity contribution in [2.45, 2.75) is 45.3 Å². The molecule has 0 unspecified atom stereocenters. The molecule has 0 bridgehead atoms. The van der Waals surface area contributed by atoms with Crippen LogP contribution < -0.4 is 0 Å². The van der Waals surface area contributed by atoms with Crippen molar-refractivity contribution in [3.8, 4) is 0 Å². The second-order valence-corrected chi connectivity index (χ2v) is 7.19. The summed E-state index contributed by atoms with van der Waals surface area (Å²) in [7, 11) is 0. The van der Waals surface area contributed by atoms with E-state index in [0.29, 0.717) is 43.7 Å².